The number of allylic oxidation sites excluding steroid dienone is 7. The molecule has 0 aliphatic rings. The van der Waals surface area contributed by atoms with Crippen LogP contribution in [0.25, 0.3) is 0 Å². The number of hydrogen-bond donors (Lipinski definition) is 1. The summed E-state index contributed by atoms with van der Waals surface area (Å²) in [6.45, 7) is 1.96. The van der Waals surface area contributed by atoms with Crippen molar-refractivity contribution >= 4 is 17.9 Å². The third-order valence-electron chi connectivity index (χ3n) is 1.43. The first kappa shape index (κ1) is 12.7. The molecule has 76 valence electrons. The van der Waals surface area contributed by atoms with Crippen LogP contribution in [0.1, 0.15) is 6.92 Å². The zero-order valence-corrected chi connectivity index (χ0v) is 8.98. The summed E-state index contributed by atoms with van der Waals surface area (Å²) in [5, 5.41) is 0. The first-order valence-corrected chi connectivity index (χ1v) is 4.83. The van der Waals surface area contributed by atoms with Crippen molar-refractivity contribution in [3.8, 4) is 0 Å². The predicted molar refractivity (Wildman–Crippen MR) is 64.6 cm³/mol. The number of nitrogens with two attached hydrogens (primary N) is 1. The summed E-state index contributed by atoms with van der Waals surface area (Å²) >= 11 is 5.66. The Morgan fingerprint density at radius 2 is 2.00 bits per heavy atom. The molecule has 0 saturated carbocycles. The van der Waals surface area contributed by atoms with E-state index < -0.39 is 0 Å². The van der Waals surface area contributed by atoms with E-state index in [4.69, 9.17) is 17.3 Å². The fourth-order valence-electron chi connectivity index (χ4n) is 0.674. The second-order valence-corrected chi connectivity index (χ2v) is 2.65. The van der Waals surface area contributed by atoms with Crippen LogP contribution >= 0.6 is 11.6 Å². The molecule has 0 fully saturated rings. The molecule has 3 heteroatoms. The van der Waals surface area contributed by atoms with Gasteiger partial charge in [0.1, 0.15) is 0 Å². The van der Waals surface area contributed by atoms with Crippen LogP contribution in [0.4, 0.5) is 0 Å². The van der Waals surface area contributed by atoms with Crippen molar-refractivity contribution in [3.05, 3.63) is 48.2 Å². The molecule has 0 amide bonds. The number of aliphatic imine (C=N–C) groups is 1. The Kier molecular flexibility index (Phi) is 8.91. The molecule has 0 atom stereocenters. The van der Waals surface area contributed by atoms with Gasteiger partial charge in [0.05, 0.1) is 6.34 Å². The largest absolute Gasteiger partial charge is 0.390 e. The number of alkyl halides is 1. The Hall–Kier alpha value is -1.28. The van der Waals surface area contributed by atoms with Crippen molar-refractivity contribution in [3.63, 3.8) is 0 Å². The molecule has 14 heavy (non-hydrogen) atoms. The van der Waals surface area contributed by atoms with E-state index in [0.717, 1.165) is 5.57 Å². The molecule has 0 unspecified atom stereocenters. The Bertz CT molecular complexity index is 273. The van der Waals surface area contributed by atoms with E-state index in [1.54, 1.807) is 12.3 Å². The molecule has 0 aromatic heterocycles. The standard InChI is InChI=1S/C11H15ClN2/c1-2-11(9-12)7-5-3-4-6-8-14-10-13/h2-8,10H,9H2,1H3,(H2,13,14)/b4-3-,7-5+,8-6+,11-2+. The van der Waals surface area contributed by atoms with Crippen LogP contribution in [-0.2, 0) is 0 Å². The second kappa shape index (κ2) is 9.81. The normalized spacial score (nSPS) is 14.3. The SMILES string of the molecule is C\C=C(/C=C/C=C\C=C\N=CN)CCl. The van der Waals surface area contributed by atoms with Crippen molar-refractivity contribution in [2.45, 2.75) is 6.92 Å². The van der Waals surface area contributed by atoms with E-state index >= 15 is 0 Å². The average molecular weight is 211 g/mol. The summed E-state index contributed by atoms with van der Waals surface area (Å²) < 4.78 is 0. The summed E-state index contributed by atoms with van der Waals surface area (Å²) in [5.74, 6) is 0.536. The molecule has 0 rings (SSSR count). The van der Waals surface area contributed by atoms with Crippen LogP contribution in [0.3, 0.4) is 0 Å². The molecule has 0 saturated heterocycles. The summed E-state index contributed by atoms with van der Waals surface area (Å²) in [5.41, 5.74) is 6.14. The molecule has 0 aliphatic heterocycles. The van der Waals surface area contributed by atoms with Gasteiger partial charge in [0, 0.05) is 12.1 Å². The number of hydrogen-bond acceptors (Lipinski definition) is 1. The van der Waals surface area contributed by atoms with Crippen molar-refractivity contribution in [2.24, 2.45) is 10.7 Å². The van der Waals surface area contributed by atoms with Crippen molar-refractivity contribution in [2.75, 3.05) is 5.88 Å². The minimum atomic E-state index is 0.536. The fourth-order valence-corrected chi connectivity index (χ4v) is 0.918. The first-order valence-electron chi connectivity index (χ1n) is 4.29. The summed E-state index contributed by atoms with van der Waals surface area (Å²) in [4.78, 5) is 3.70. The van der Waals surface area contributed by atoms with Gasteiger partial charge >= 0.3 is 0 Å². The van der Waals surface area contributed by atoms with Crippen LogP contribution in [0, 0.1) is 0 Å². The van der Waals surface area contributed by atoms with Crippen molar-refractivity contribution in [1.29, 1.82) is 0 Å². The van der Waals surface area contributed by atoms with Crippen LogP contribution < -0.4 is 5.73 Å². The lowest BCUT2D eigenvalue weighted by Crippen LogP contribution is -1.84. The monoisotopic (exact) mass is 210 g/mol. The van der Waals surface area contributed by atoms with Gasteiger partial charge in [-0.2, -0.15) is 0 Å². The molecule has 0 aliphatic carbocycles. The van der Waals surface area contributed by atoms with E-state index in [1.165, 1.54) is 6.34 Å². The Balaban J connectivity index is 3.92. The van der Waals surface area contributed by atoms with Crippen LogP contribution in [-0.4, -0.2) is 12.2 Å². The molecular formula is C11H15ClN2. The maximum Gasteiger partial charge on any atom is 0.0852 e. The van der Waals surface area contributed by atoms with Crippen LogP contribution in [0.5, 0.6) is 0 Å². The van der Waals surface area contributed by atoms with E-state index in [9.17, 15) is 0 Å². The van der Waals surface area contributed by atoms with Crippen molar-refractivity contribution < 1.29 is 0 Å². The number of halogens is 1. The highest BCUT2D eigenvalue weighted by Crippen LogP contribution is 1.99. The van der Waals surface area contributed by atoms with E-state index in [1.807, 2.05) is 37.3 Å². The molecule has 0 aromatic carbocycles. The highest BCUT2D eigenvalue weighted by atomic mass is 35.5. The minimum absolute atomic E-state index is 0.536. The smallest absolute Gasteiger partial charge is 0.0852 e. The van der Waals surface area contributed by atoms with Gasteiger partial charge in [-0.1, -0.05) is 30.4 Å². The molecule has 0 heterocycles. The number of nitrogens with zero attached hydrogens (tertiary/aromatic N) is 1. The van der Waals surface area contributed by atoms with Gasteiger partial charge in [-0.15, -0.1) is 11.6 Å². The van der Waals surface area contributed by atoms with E-state index in [2.05, 4.69) is 4.99 Å². The first-order chi connectivity index (χ1) is 6.85. The van der Waals surface area contributed by atoms with Crippen LogP contribution in [0.2, 0.25) is 0 Å². The van der Waals surface area contributed by atoms with Gasteiger partial charge in [0.25, 0.3) is 0 Å². The Morgan fingerprint density at radius 3 is 2.57 bits per heavy atom. The third kappa shape index (κ3) is 7.37. The lowest BCUT2D eigenvalue weighted by atomic mass is 10.2. The molecule has 0 radical (unpaired) electrons. The molecule has 0 spiro atoms. The predicted octanol–water partition coefficient (Wildman–Crippen LogP) is 2.78. The van der Waals surface area contributed by atoms with Crippen molar-refractivity contribution in [1.82, 2.24) is 0 Å². The highest BCUT2D eigenvalue weighted by Gasteiger charge is 1.82. The summed E-state index contributed by atoms with van der Waals surface area (Å²) in [6, 6.07) is 0. The molecule has 2 N–H and O–H groups in total. The molecular weight excluding hydrogens is 196 g/mol. The topological polar surface area (TPSA) is 38.4 Å². The quantitative estimate of drug-likeness (QED) is 0.322. The summed E-state index contributed by atoms with van der Waals surface area (Å²) in [6.07, 6.45) is 14.3. The number of rotatable bonds is 5. The Labute approximate surface area is 90.2 Å². The van der Waals surface area contributed by atoms with Gasteiger partial charge in [-0.3, -0.25) is 0 Å². The van der Waals surface area contributed by atoms with Gasteiger partial charge in [-0.25, -0.2) is 4.99 Å². The van der Waals surface area contributed by atoms with Gasteiger partial charge in [-0.05, 0) is 18.6 Å². The maximum atomic E-state index is 5.66. The molecule has 0 bridgehead atoms. The highest BCUT2D eigenvalue weighted by molar-refractivity contribution is 6.19. The molecule has 2 nitrogen and oxygen atoms in total. The average Bonchev–Trinajstić information content (AvgIpc) is 2.22. The second-order valence-electron chi connectivity index (χ2n) is 2.38. The Morgan fingerprint density at radius 1 is 1.29 bits per heavy atom. The fraction of sp³-hybridized carbons (Fsp3) is 0.182. The summed E-state index contributed by atoms with van der Waals surface area (Å²) in [7, 11) is 0. The zero-order chi connectivity index (χ0) is 10.6. The van der Waals surface area contributed by atoms with Gasteiger partial charge in [0.15, 0.2) is 0 Å². The molecule has 0 aromatic rings. The van der Waals surface area contributed by atoms with E-state index in [0.29, 0.717) is 5.88 Å². The zero-order valence-electron chi connectivity index (χ0n) is 8.23. The maximum absolute atomic E-state index is 5.66. The van der Waals surface area contributed by atoms with Gasteiger partial charge in [0.2, 0.25) is 0 Å². The minimum Gasteiger partial charge on any atom is -0.390 e. The van der Waals surface area contributed by atoms with Gasteiger partial charge < -0.3 is 5.73 Å². The lowest BCUT2D eigenvalue weighted by Gasteiger charge is -1.89. The van der Waals surface area contributed by atoms with E-state index in [-0.39, 0.29) is 0 Å². The van der Waals surface area contributed by atoms with Crippen LogP contribution in [0.15, 0.2) is 53.2 Å². The third-order valence-corrected chi connectivity index (χ3v) is 1.74. The lowest BCUT2D eigenvalue weighted by molar-refractivity contribution is 1.48.